The third kappa shape index (κ3) is 3.50. The highest BCUT2D eigenvalue weighted by molar-refractivity contribution is 6.05. The zero-order valence-electron chi connectivity index (χ0n) is 13.1. The lowest BCUT2D eigenvalue weighted by Gasteiger charge is -2.09. The van der Waals surface area contributed by atoms with E-state index in [2.05, 4.69) is 15.3 Å². The standard InChI is InChI=1S/C18H12F3N3O/c1-10-13(18(25)24-16-14(20)3-2-4-15(16)21)9-22-17(23-10)11-5-7-12(19)8-6-11/h2-9H,1H3,(H,24,25). The molecule has 0 fully saturated rings. The Balaban J connectivity index is 1.88. The quantitative estimate of drug-likeness (QED) is 0.778. The summed E-state index contributed by atoms with van der Waals surface area (Å²) in [5, 5.41) is 2.18. The van der Waals surface area contributed by atoms with Gasteiger partial charge in [-0.15, -0.1) is 0 Å². The minimum atomic E-state index is -0.880. The van der Waals surface area contributed by atoms with Crippen LogP contribution in [0.4, 0.5) is 18.9 Å². The van der Waals surface area contributed by atoms with Crippen molar-refractivity contribution in [3.05, 3.63) is 77.4 Å². The molecule has 7 heteroatoms. The van der Waals surface area contributed by atoms with Gasteiger partial charge in [-0.25, -0.2) is 23.1 Å². The first kappa shape index (κ1) is 16.6. The van der Waals surface area contributed by atoms with Crippen LogP contribution in [0.2, 0.25) is 0 Å². The molecule has 0 saturated heterocycles. The number of rotatable bonds is 3. The first-order valence-electron chi connectivity index (χ1n) is 7.30. The first-order valence-corrected chi connectivity index (χ1v) is 7.30. The molecule has 1 aromatic heterocycles. The van der Waals surface area contributed by atoms with Crippen LogP contribution in [0.25, 0.3) is 11.4 Å². The van der Waals surface area contributed by atoms with Crippen LogP contribution in [0.15, 0.2) is 48.7 Å². The van der Waals surface area contributed by atoms with Gasteiger partial charge in [0.05, 0.1) is 11.3 Å². The largest absolute Gasteiger partial charge is 0.317 e. The van der Waals surface area contributed by atoms with E-state index in [1.165, 1.54) is 36.5 Å². The summed E-state index contributed by atoms with van der Waals surface area (Å²) in [7, 11) is 0. The van der Waals surface area contributed by atoms with Crippen LogP contribution >= 0.6 is 0 Å². The highest BCUT2D eigenvalue weighted by Crippen LogP contribution is 2.21. The Morgan fingerprint density at radius 1 is 1.00 bits per heavy atom. The SMILES string of the molecule is Cc1nc(-c2ccc(F)cc2)ncc1C(=O)Nc1c(F)cccc1F. The summed E-state index contributed by atoms with van der Waals surface area (Å²) >= 11 is 0. The second kappa shape index (κ2) is 6.72. The Morgan fingerprint density at radius 3 is 2.24 bits per heavy atom. The maximum Gasteiger partial charge on any atom is 0.259 e. The summed E-state index contributed by atoms with van der Waals surface area (Å²) in [5.41, 5.74) is 0.447. The molecule has 3 aromatic rings. The molecule has 0 aliphatic carbocycles. The van der Waals surface area contributed by atoms with E-state index in [9.17, 15) is 18.0 Å². The maximum atomic E-state index is 13.6. The number of nitrogens with one attached hydrogen (secondary N) is 1. The lowest BCUT2D eigenvalue weighted by Crippen LogP contribution is -2.17. The molecule has 0 atom stereocenters. The fourth-order valence-corrected chi connectivity index (χ4v) is 2.23. The minimum Gasteiger partial charge on any atom is -0.317 e. The molecule has 1 N–H and O–H groups in total. The van der Waals surface area contributed by atoms with Crippen molar-refractivity contribution in [2.24, 2.45) is 0 Å². The average molecular weight is 343 g/mol. The summed E-state index contributed by atoms with van der Waals surface area (Å²) in [6, 6.07) is 8.86. The second-order valence-corrected chi connectivity index (χ2v) is 5.25. The number of nitrogens with zero attached hydrogens (tertiary/aromatic N) is 2. The fraction of sp³-hybridized carbons (Fsp3) is 0.0556. The minimum absolute atomic E-state index is 0.0773. The average Bonchev–Trinajstić information content (AvgIpc) is 2.58. The van der Waals surface area contributed by atoms with Crippen molar-refractivity contribution in [3.8, 4) is 11.4 Å². The monoisotopic (exact) mass is 343 g/mol. The molecule has 0 spiro atoms. The predicted molar refractivity (Wildman–Crippen MR) is 86.5 cm³/mol. The van der Waals surface area contributed by atoms with E-state index in [0.717, 1.165) is 12.1 Å². The van der Waals surface area contributed by atoms with Gasteiger partial charge in [0.25, 0.3) is 5.91 Å². The number of anilines is 1. The van der Waals surface area contributed by atoms with Crippen LogP contribution in [0, 0.1) is 24.4 Å². The third-order valence-corrected chi connectivity index (χ3v) is 3.53. The number of halogens is 3. The van der Waals surface area contributed by atoms with Crippen LogP contribution in [-0.4, -0.2) is 15.9 Å². The molecule has 1 heterocycles. The van der Waals surface area contributed by atoms with Gasteiger partial charge in [-0.1, -0.05) is 6.07 Å². The van der Waals surface area contributed by atoms with Crippen LogP contribution in [0.3, 0.4) is 0 Å². The molecule has 1 amide bonds. The van der Waals surface area contributed by atoms with Gasteiger partial charge in [-0.3, -0.25) is 4.79 Å². The van der Waals surface area contributed by atoms with Gasteiger partial charge in [0, 0.05) is 11.8 Å². The third-order valence-electron chi connectivity index (χ3n) is 3.53. The number of aromatic nitrogens is 2. The van der Waals surface area contributed by atoms with Crippen LogP contribution in [0.5, 0.6) is 0 Å². The Morgan fingerprint density at radius 2 is 1.64 bits per heavy atom. The van der Waals surface area contributed by atoms with Crippen molar-refractivity contribution in [2.45, 2.75) is 6.92 Å². The van der Waals surface area contributed by atoms with Crippen molar-refractivity contribution in [3.63, 3.8) is 0 Å². The number of para-hydroxylation sites is 1. The van der Waals surface area contributed by atoms with Gasteiger partial charge in [-0.2, -0.15) is 0 Å². The summed E-state index contributed by atoms with van der Waals surface area (Å²) < 4.78 is 40.2. The number of carbonyl (C=O) groups excluding carboxylic acids is 1. The van der Waals surface area contributed by atoms with Gasteiger partial charge >= 0.3 is 0 Å². The van der Waals surface area contributed by atoms with Crippen molar-refractivity contribution in [1.82, 2.24) is 9.97 Å². The smallest absolute Gasteiger partial charge is 0.259 e. The van der Waals surface area contributed by atoms with Gasteiger partial charge in [0.15, 0.2) is 5.82 Å². The molecule has 25 heavy (non-hydrogen) atoms. The highest BCUT2D eigenvalue weighted by atomic mass is 19.1. The number of aryl methyl sites for hydroxylation is 1. The van der Waals surface area contributed by atoms with Crippen LogP contribution < -0.4 is 5.32 Å². The molecule has 0 saturated carbocycles. The molecule has 3 rings (SSSR count). The van der Waals surface area contributed by atoms with Gasteiger partial charge in [0.2, 0.25) is 0 Å². The van der Waals surface area contributed by atoms with Crippen molar-refractivity contribution in [1.29, 1.82) is 0 Å². The van der Waals surface area contributed by atoms with E-state index in [-0.39, 0.29) is 11.4 Å². The van der Waals surface area contributed by atoms with E-state index in [4.69, 9.17) is 0 Å². The first-order chi connectivity index (χ1) is 12.0. The zero-order chi connectivity index (χ0) is 18.0. The van der Waals surface area contributed by atoms with E-state index in [1.54, 1.807) is 6.92 Å². The molecular formula is C18H12F3N3O. The van der Waals surface area contributed by atoms with E-state index in [0.29, 0.717) is 17.1 Å². The lowest BCUT2D eigenvalue weighted by atomic mass is 10.1. The van der Waals surface area contributed by atoms with Gasteiger partial charge in [0.1, 0.15) is 23.1 Å². The molecule has 0 aliphatic heterocycles. The van der Waals surface area contributed by atoms with Crippen molar-refractivity contribution >= 4 is 11.6 Å². The molecule has 126 valence electrons. The maximum absolute atomic E-state index is 13.6. The van der Waals surface area contributed by atoms with Gasteiger partial charge in [-0.05, 0) is 43.3 Å². The number of benzene rings is 2. The van der Waals surface area contributed by atoms with E-state index >= 15 is 0 Å². The number of carbonyl (C=O) groups is 1. The lowest BCUT2D eigenvalue weighted by molar-refractivity contribution is 0.102. The Bertz CT molecular complexity index is 923. The summed E-state index contributed by atoms with van der Waals surface area (Å²) in [5.74, 6) is -2.56. The molecule has 2 aromatic carbocycles. The Hall–Kier alpha value is -3.22. The van der Waals surface area contributed by atoms with Crippen LogP contribution in [0.1, 0.15) is 16.1 Å². The predicted octanol–water partition coefficient (Wildman–Crippen LogP) is 4.12. The van der Waals surface area contributed by atoms with Gasteiger partial charge < -0.3 is 5.32 Å². The number of hydrogen-bond donors (Lipinski definition) is 1. The Kier molecular flexibility index (Phi) is 4.47. The normalized spacial score (nSPS) is 10.6. The fourth-order valence-electron chi connectivity index (χ4n) is 2.23. The van der Waals surface area contributed by atoms with E-state index in [1.807, 2.05) is 0 Å². The highest BCUT2D eigenvalue weighted by Gasteiger charge is 2.17. The Labute approximate surface area is 141 Å². The molecule has 4 nitrogen and oxygen atoms in total. The summed E-state index contributed by atoms with van der Waals surface area (Å²) in [6.07, 6.45) is 1.26. The van der Waals surface area contributed by atoms with Crippen molar-refractivity contribution in [2.75, 3.05) is 5.32 Å². The molecule has 0 unspecified atom stereocenters. The zero-order valence-corrected chi connectivity index (χ0v) is 13.1. The second-order valence-electron chi connectivity index (χ2n) is 5.25. The molecule has 0 bridgehead atoms. The van der Waals surface area contributed by atoms with E-state index < -0.39 is 23.2 Å². The van der Waals surface area contributed by atoms with Crippen LogP contribution in [-0.2, 0) is 0 Å². The topological polar surface area (TPSA) is 54.9 Å². The number of amides is 1. The number of hydrogen-bond acceptors (Lipinski definition) is 3. The summed E-state index contributed by atoms with van der Waals surface area (Å²) in [6.45, 7) is 1.57. The summed E-state index contributed by atoms with van der Waals surface area (Å²) in [4.78, 5) is 20.5. The molecule has 0 radical (unpaired) electrons. The van der Waals surface area contributed by atoms with Crippen molar-refractivity contribution < 1.29 is 18.0 Å². The molecule has 0 aliphatic rings. The molecular weight excluding hydrogens is 331 g/mol.